The zero-order valence-electron chi connectivity index (χ0n) is 27.4. The Balaban J connectivity index is 1.30. The molecule has 0 atom stereocenters. The van der Waals surface area contributed by atoms with Crippen molar-refractivity contribution in [3.63, 3.8) is 0 Å². The van der Waals surface area contributed by atoms with E-state index in [-0.39, 0.29) is 6.71 Å². The molecule has 0 saturated heterocycles. The van der Waals surface area contributed by atoms with E-state index in [1.54, 1.807) is 0 Å². The molecule has 2 nitrogen and oxygen atoms in total. The molecule has 3 aliphatic heterocycles. The van der Waals surface area contributed by atoms with Crippen LogP contribution >= 0.6 is 0 Å². The summed E-state index contributed by atoms with van der Waals surface area (Å²) in [5.74, 6) is 0. The van der Waals surface area contributed by atoms with Gasteiger partial charge < -0.3 is 9.80 Å². The number of anilines is 6. The fourth-order valence-electron chi connectivity index (χ4n) is 9.44. The summed E-state index contributed by atoms with van der Waals surface area (Å²) in [6.45, 7) is 0.0791. The summed E-state index contributed by atoms with van der Waals surface area (Å²) in [5.41, 5.74) is 11.7. The molecule has 0 fully saturated rings. The molecule has 3 heterocycles. The first-order chi connectivity index (χ1) is 24.9. The number of rotatable bonds is 3. The zero-order chi connectivity index (χ0) is 32.8. The molecule has 0 aliphatic carbocycles. The number of hydrogen-bond donors (Lipinski definition) is 0. The lowest BCUT2D eigenvalue weighted by molar-refractivity contribution is 1.26. The van der Waals surface area contributed by atoms with Crippen molar-refractivity contribution in [1.29, 1.82) is 0 Å². The lowest BCUT2D eigenvalue weighted by Crippen LogP contribution is -2.79. The second-order valence-corrected chi connectivity index (χ2v) is 17.3. The van der Waals surface area contributed by atoms with Crippen LogP contribution in [0.25, 0.3) is 10.8 Å². The molecule has 0 amide bonds. The summed E-state index contributed by atoms with van der Waals surface area (Å²) < 4.78 is 0. The van der Waals surface area contributed by atoms with Gasteiger partial charge in [0.1, 0.15) is 0 Å². The highest BCUT2D eigenvalue weighted by molar-refractivity contribution is 7.22. The summed E-state index contributed by atoms with van der Waals surface area (Å²) in [7, 11) is -2.74. The minimum atomic E-state index is -2.74. The molecule has 4 heteroatoms. The summed E-state index contributed by atoms with van der Waals surface area (Å²) in [6, 6.07) is 70.6. The van der Waals surface area contributed by atoms with Crippen molar-refractivity contribution in [3.8, 4) is 0 Å². The van der Waals surface area contributed by atoms with Crippen LogP contribution in [-0.4, -0.2) is 14.8 Å². The highest BCUT2D eigenvalue weighted by Gasteiger charge is 2.53. The van der Waals surface area contributed by atoms with Gasteiger partial charge in [-0.25, -0.2) is 0 Å². The number of hydrogen-bond acceptors (Lipinski definition) is 2. The number of nitrogens with zero attached hydrogens (tertiary/aromatic N) is 2. The van der Waals surface area contributed by atoms with Crippen LogP contribution in [0.4, 0.5) is 34.1 Å². The van der Waals surface area contributed by atoms with Gasteiger partial charge in [0.2, 0.25) is 0 Å². The standard InChI is InChI=1S/C46H31BN2Si/c1-4-17-33(18-5-1)48-40-26-15-27-41-44(40)47(38-31-30-32-16-10-11-23-36(32)45(38)48)37-24-14-29-43-46(37)49(41)39-25-12-13-28-42(39)50(43,34-19-6-2-7-20-34)35-21-8-3-9-22-35/h1-31H. The minimum absolute atomic E-state index is 0.0791. The van der Waals surface area contributed by atoms with E-state index in [0.717, 1.165) is 0 Å². The first kappa shape index (κ1) is 27.8. The van der Waals surface area contributed by atoms with Crippen LogP contribution < -0.4 is 46.9 Å². The highest BCUT2D eigenvalue weighted by atomic mass is 28.3. The maximum Gasteiger partial charge on any atom is 0.252 e. The van der Waals surface area contributed by atoms with E-state index in [1.165, 1.54) is 82.0 Å². The van der Waals surface area contributed by atoms with E-state index in [2.05, 4.69) is 198 Å². The molecule has 11 rings (SSSR count). The van der Waals surface area contributed by atoms with Gasteiger partial charge in [0, 0.05) is 39.5 Å². The number of benzene rings is 8. The number of fused-ring (bicyclic) bond motifs is 8. The molecule has 0 unspecified atom stereocenters. The molecule has 232 valence electrons. The van der Waals surface area contributed by atoms with Crippen LogP contribution in [0.3, 0.4) is 0 Å². The molecule has 0 bridgehead atoms. The van der Waals surface area contributed by atoms with Crippen molar-refractivity contribution in [1.82, 2.24) is 0 Å². The van der Waals surface area contributed by atoms with Crippen LogP contribution in [-0.2, 0) is 0 Å². The SMILES string of the molecule is c1ccc(N2c3cccc4c3B(c3cccc5c3N4c3ccccc3[Si]5(c3ccccc3)c3ccccc3)c3ccc4ccccc4c32)cc1. The van der Waals surface area contributed by atoms with Gasteiger partial charge in [-0.2, -0.15) is 0 Å². The molecule has 0 spiro atoms. The maximum atomic E-state index is 2.61. The van der Waals surface area contributed by atoms with Crippen molar-refractivity contribution in [2.24, 2.45) is 0 Å². The second kappa shape index (κ2) is 10.4. The normalized spacial score (nSPS) is 14.4. The van der Waals surface area contributed by atoms with Gasteiger partial charge >= 0.3 is 0 Å². The van der Waals surface area contributed by atoms with Gasteiger partial charge in [-0.1, -0.05) is 158 Å². The third-order valence-corrected chi connectivity index (χ3v) is 16.1. The number of para-hydroxylation sites is 3. The lowest BCUT2D eigenvalue weighted by atomic mass is 9.33. The van der Waals surface area contributed by atoms with Crippen molar-refractivity contribution >= 4 is 96.8 Å². The average Bonchev–Trinajstić information content (AvgIpc) is 3.20. The van der Waals surface area contributed by atoms with E-state index in [9.17, 15) is 0 Å². The average molecular weight is 651 g/mol. The Hall–Kier alpha value is -6.10. The van der Waals surface area contributed by atoms with E-state index in [1.807, 2.05) is 0 Å². The fraction of sp³-hybridized carbons (Fsp3) is 0. The van der Waals surface area contributed by atoms with Crippen LogP contribution in [0.15, 0.2) is 188 Å². The predicted molar refractivity (Wildman–Crippen MR) is 215 cm³/mol. The Morgan fingerprint density at radius 1 is 0.380 bits per heavy atom. The first-order valence-corrected chi connectivity index (χ1v) is 19.5. The Labute approximate surface area is 293 Å². The fourth-order valence-corrected chi connectivity index (χ4v) is 14.6. The van der Waals surface area contributed by atoms with Crippen molar-refractivity contribution in [2.45, 2.75) is 0 Å². The van der Waals surface area contributed by atoms with Gasteiger partial charge in [-0.3, -0.25) is 0 Å². The molecule has 3 aliphatic rings. The first-order valence-electron chi connectivity index (χ1n) is 17.5. The smallest absolute Gasteiger partial charge is 0.252 e. The lowest BCUT2D eigenvalue weighted by Gasteiger charge is -2.50. The molecule has 0 radical (unpaired) electrons. The molecular formula is C46H31BN2Si. The van der Waals surface area contributed by atoms with Crippen LogP contribution in [0.5, 0.6) is 0 Å². The molecule has 8 aromatic rings. The molecular weight excluding hydrogens is 619 g/mol. The van der Waals surface area contributed by atoms with Crippen molar-refractivity contribution in [2.75, 3.05) is 9.80 Å². The monoisotopic (exact) mass is 650 g/mol. The van der Waals surface area contributed by atoms with Gasteiger partial charge in [-0.05, 0) is 72.9 Å². The third-order valence-electron chi connectivity index (χ3n) is 11.3. The van der Waals surface area contributed by atoms with Gasteiger partial charge in [0.15, 0.2) is 8.07 Å². The van der Waals surface area contributed by atoms with E-state index >= 15 is 0 Å². The van der Waals surface area contributed by atoms with Crippen LogP contribution in [0.2, 0.25) is 0 Å². The Morgan fingerprint density at radius 3 is 1.70 bits per heavy atom. The molecule has 0 N–H and O–H groups in total. The van der Waals surface area contributed by atoms with E-state index in [0.29, 0.717) is 0 Å². The Morgan fingerprint density at radius 2 is 0.940 bits per heavy atom. The Bertz CT molecular complexity index is 2580. The topological polar surface area (TPSA) is 6.48 Å². The molecule has 0 saturated carbocycles. The molecule has 0 aromatic heterocycles. The van der Waals surface area contributed by atoms with Crippen molar-refractivity contribution < 1.29 is 0 Å². The zero-order valence-corrected chi connectivity index (χ0v) is 28.4. The summed E-state index contributed by atoms with van der Waals surface area (Å²) in [4.78, 5) is 5.13. The van der Waals surface area contributed by atoms with Gasteiger partial charge in [0.05, 0.1) is 0 Å². The largest absolute Gasteiger partial charge is 0.312 e. The Kier molecular flexibility index (Phi) is 5.81. The molecule has 50 heavy (non-hydrogen) atoms. The van der Waals surface area contributed by atoms with Crippen LogP contribution in [0.1, 0.15) is 0 Å². The minimum Gasteiger partial charge on any atom is -0.312 e. The van der Waals surface area contributed by atoms with E-state index in [4.69, 9.17) is 0 Å². The molecule has 8 aromatic carbocycles. The third kappa shape index (κ3) is 3.53. The maximum absolute atomic E-state index is 2.74. The summed E-state index contributed by atoms with van der Waals surface area (Å²) >= 11 is 0. The predicted octanol–water partition coefficient (Wildman–Crippen LogP) is 6.61. The highest BCUT2D eigenvalue weighted by Crippen LogP contribution is 2.46. The summed E-state index contributed by atoms with van der Waals surface area (Å²) in [5, 5.41) is 8.25. The van der Waals surface area contributed by atoms with Gasteiger partial charge in [-0.15, -0.1) is 0 Å². The van der Waals surface area contributed by atoms with Crippen molar-refractivity contribution in [3.05, 3.63) is 188 Å². The second-order valence-electron chi connectivity index (χ2n) is 13.6. The van der Waals surface area contributed by atoms with Crippen LogP contribution in [0, 0.1) is 0 Å². The quantitative estimate of drug-likeness (QED) is 0.199. The van der Waals surface area contributed by atoms with E-state index < -0.39 is 8.07 Å². The van der Waals surface area contributed by atoms with Gasteiger partial charge in [0.25, 0.3) is 6.71 Å². The summed E-state index contributed by atoms with van der Waals surface area (Å²) in [6.07, 6.45) is 0.